The molecule has 0 radical (unpaired) electrons. The predicted octanol–water partition coefficient (Wildman–Crippen LogP) is 4.78. The average molecular weight is 932 g/mol. The van der Waals surface area contributed by atoms with Crippen LogP contribution in [0, 0.1) is 10.1 Å². The number of esters is 1. The Morgan fingerprint density at radius 3 is 2.15 bits per heavy atom. The number of oxime groups is 1. The molecule has 8 rings (SSSR count). The first kappa shape index (κ1) is 44.3. The molecule has 0 spiro atoms. The van der Waals surface area contributed by atoms with Gasteiger partial charge in [0.1, 0.15) is 42.1 Å². The van der Waals surface area contributed by atoms with Crippen LogP contribution in [0.5, 0.6) is 0 Å². The molecule has 21 heteroatoms. The molecule has 0 saturated carbocycles. The van der Waals surface area contributed by atoms with Crippen molar-refractivity contribution in [2.75, 3.05) is 23.9 Å². The first-order valence-corrected chi connectivity index (χ1v) is 22.6. The largest absolute Gasteiger partial charge is 0.456 e. The maximum atomic E-state index is 14.1. The summed E-state index contributed by atoms with van der Waals surface area (Å²) in [7, 11) is 2.67. The third-order valence-electron chi connectivity index (χ3n) is 10.5. The SMILES string of the molecule is CON=C(C(=O)NC1C(=O)N2C(C(=O)OCc3ccc([N+](=O)[O-])cc3)=C(CSc3n[nH]c(=O)c(=O)n3C)CS[C@@H]12)c1csc(NC(c2ccccc2)(c2ccccc2)c2ccccc2)n1. The molecule has 18 nitrogen and oxygen atoms in total. The predicted molar refractivity (Wildman–Crippen MR) is 244 cm³/mol. The van der Waals surface area contributed by atoms with Gasteiger partial charge in [0, 0.05) is 36.1 Å². The number of thioether (sulfide) groups is 2. The second-order valence-electron chi connectivity index (χ2n) is 14.4. The number of non-ortho nitro benzene ring substituents is 1. The number of nitrogens with one attached hydrogen (secondary N) is 3. The van der Waals surface area contributed by atoms with Crippen molar-refractivity contribution in [3.05, 3.63) is 191 Å². The first-order valence-electron chi connectivity index (χ1n) is 19.7. The van der Waals surface area contributed by atoms with E-state index in [-0.39, 0.29) is 46.1 Å². The highest BCUT2D eigenvalue weighted by molar-refractivity contribution is 8.01. The normalized spacial score (nSPS) is 16.0. The molecule has 4 heterocycles. The zero-order chi connectivity index (χ0) is 45.7. The molecule has 0 bridgehead atoms. The van der Waals surface area contributed by atoms with Crippen LogP contribution in [-0.4, -0.2) is 83.1 Å². The van der Waals surface area contributed by atoms with Gasteiger partial charge >= 0.3 is 17.1 Å². The Kier molecular flexibility index (Phi) is 13.1. The summed E-state index contributed by atoms with van der Waals surface area (Å²) in [5.41, 5.74) is 0.920. The lowest BCUT2D eigenvalue weighted by molar-refractivity contribution is -0.384. The molecule has 1 fully saturated rings. The van der Waals surface area contributed by atoms with Gasteiger partial charge in [-0.3, -0.25) is 38.8 Å². The van der Waals surface area contributed by atoms with E-state index in [0.29, 0.717) is 16.3 Å². The van der Waals surface area contributed by atoms with Gasteiger partial charge in [-0.05, 0) is 40.0 Å². The van der Waals surface area contributed by atoms with Crippen molar-refractivity contribution in [1.82, 2.24) is 30.0 Å². The summed E-state index contributed by atoms with van der Waals surface area (Å²) < 4.78 is 6.71. The number of nitrogens with zero attached hydrogens (tertiary/aromatic N) is 6. The lowest BCUT2D eigenvalue weighted by Crippen LogP contribution is -2.71. The number of hydrogen-bond donors (Lipinski definition) is 3. The lowest BCUT2D eigenvalue weighted by Gasteiger charge is -2.49. The number of anilines is 1. The van der Waals surface area contributed by atoms with Gasteiger partial charge < -0.3 is 20.2 Å². The number of hydrogen-bond acceptors (Lipinski definition) is 16. The Labute approximate surface area is 381 Å². The fraction of sp³-hybridized carbons (Fsp3) is 0.182. The Morgan fingerprint density at radius 2 is 1.57 bits per heavy atom. The molecule has 4 aromatic carbocycles. The van der Waals surface area contributed by atoms with E-state index in [9.17, 15) is 34.1 Å². The average Bonchev–Trinajstić information content (AvgIpc) is 3.80. The van der Waals surface area contributed by atoms with Gasteiger partial charge in [0.2, 0.25) is 0 Å². The topological polar surface area (TPSA) is 233 Å². The van der Waals surface area contributed by atoms with Gasteiger partial charge in [-0.15, -0.1) is 28.2 Å². The van der Waals surface area contributed by atoms with E-state index in [4.69, 9.17) is 14.6 Å². The quantitative estimate of drug-likeness (QED) is 0.0173. The van der Waals surface area contributed by atoms with Gasteiger partial charge in [-0.25, -0.2) is 14.9 Å². The molecule has 6 aromatic rings. The highest BCUT2D eigenvalue weighted by Crippen LogP contribution is 2.43. The Bertz CT molecular complexity index is 2850. The fourth-order valence-corrected chi connectivity index (χ4v) is 10.5. The number of nitro benzene ring substituents is 1. The molecule has 330 valence electrons. The molecule has 3 N–H and O–H groups in total. The van der Waals surface area contributed by atoms with Gasteiger partial charge in [0.25, 0.3) is 17.5 Å². The number of ether oxygens (including phenoxy) is 1. The van der Waals surface area contributed by atoms with Crippen LogP contribution in [-0.2, 0) is 43.2 Å². The van der Waals surface area contributed by atoms with Crippen LogP contribution in [0.2, 0.25) is 0 Å². The summed E-state index contributed by atoms with van der Waals surface area (Å²) in [5.74, 6) is -1.93. The van der Waals surface area contributed by atoms with Crippen molar-refractivity contribution in [2.24, 2.45) is 12.2 Å². The number of aromatic nitrogens is 4. The standard InChI is InChI=1S/C44H37N9O9S3/c1-51-39(57)37(55)48-49-43(51)65-24-27-23-63-40-34(38(56)52(40)35(27)41(58)62-22-26-18-20-31(21-19-26)53(59)60)46-36(54)33(50-61-2)32-25-64-42(45-32)47-44(28-12-6-3-7-13-28,29-14-8-4-9-15-29)30-16-10-5-11-17-30/h3-21,25,34,40H,22-24H2,1-2H3,(H,45,47)(H,46,54)(H,48,55)/t34?,40-/m0/s1. The van der Waals surface area contributed by atoms with E-state index in [0.717, 1.165) is 33.0 Å². The molecule has 1 saturated heterocycles. The van der Waals surface area contributed by atoms with Crippen LogP contribution in [0.1, 0.15) is 27.9 Å². The fourth-order valence-electron chi connectivity index (χ4n) is 7.34. The van der Waals surface area contributed by atoms with Gasteiger partial charge in [-0.1, -0.05) is 108 Å². The van der Waals surface area contributed by atoms with Gasteiger partial charge in [0.15, 0.2) is 16.0 Å². The third-order valence-corrected chi connectivity index (χ3v) is 13.7. The lowest BCUT2D eigenvalue weighted by atomic mass is 9.77. The molecule has 2 amide bonds. The van der Waals surface area contributed by atoms with Crippen molar-refractivity contribution in [2.45, 2.75) is 28.7 Å². The van der Waals surface area contributed by atoms with Crippen LogP contribution < -0.4 is 21.8 Å². The van der Waals surface area contributed by atoms with Crippen LogP contribution in [0.4, 0.5) is 10.8 Å². The van der Waals surface area contributed by atoms with Gasteiger partial charge in [0.05, 0.1) is 4.92 Å². The summed E-state index contributed by atoms with van der Waals surface area (Å²) in [4.78, 5) is 87.9. The summed E-state index contributed by atoms with van der Waals surface area (Å²) in [6.07, 6.45) is 0. The molecular formula is C44H37N9O9S3. The summed E-state index contributed by atoms with van der Waals surface area (Å²) in [5, 5.41) is 29.3. The Hall–Kier alpha value is -7.36. The second-order valence-corrected chi connectivity index (χ2v) is 17.3. The maximum Gasteiger partial charge on any atom is 0.355 e. The van der Waals surface area contributed by atoms with E-state index in [2.05, 4.69) is 26.0 Å². The van der Waals surface area contributed by atoms with E-state index < -0.39 is 50.8 Å². The Morgan fingerprint density at radius 1 is 0.954 bits per heavy atom. The minimum atomic E-state index is -1.10. The van der Waals surface area contributed by atoms with Crippen molar-refractivity contribution in [1.29, 1.82) is 0 Å². The Balaban J connectivity index is 1.04. The number of nitro groups is 1. The second kappa shape index (κ2) is 19.2. The number of H-pyrrole nitrogens is 1. The highest BCUT2D eigenvalue weighted by Gasteiger charge is 2.55. The van der Waals surface area contributed by atoms with E-state index in [1.165, 1.54) is 66.4 Å². The van der Waals surface area contributed by atoms with E-state index in [1.807, 2.05) is 91.0 Å². The number of rotatable bonds is 16. The van der Waals surface area contributed by atoms with Crippen molar-refractivity contribution < 1.29 is 28.9 Å². The first-order chi connectivity index (χ1) is 31.5. The molecule has 2 aliphatic heterocycles. The third kappa shape index (κ3) is 8.93. The van der Waals surface area contributed by atoms with Crippen LogP contribution in [0.15, 0.2) is 152 Å². The smallest absolute Gasteiger partial charge is 0.355 e. The van der Waals surface area contributed by atoms with Crippen molar-refractivity contribution >= 4 is 69.2 Å². The number of carbonyl (C=O) groups is 3. The summed E-state index contributed by atoms with van der Waals surface area (Å²) >= 11 is 3.60. The van der Waals surface area contributed by atoms with Crippen LogP contribution in [0.3, 0.4) is 0 Å². The minimum Gasteiger partial charge on any atom is -0.456 e. The molecular weight excluding hydrogens is 895 g/mol. The van der Waals surface area contributed by atoms with E-state index >= 15 is 0 Å². The molecule has 1 unspecified atom stereocenters. The molecule has 2 aromatic heterocycles. The molecule has 2 aliphatic rings. The number of amides is 2. The van der Waals surface area contributed by atoms with Crippen molar-refractivity contribution in [3.63, 3.8) is 0 Å². The number of fused-ring (bicyclic) bond motifs is 1. The van der Waals surface area contributed by atoms with E-state index in [1.54, 1.807) is 5.38 Å². The number of benzene rings is 4. The highest BCUT2D eigenvalue weighted by atomic mass is 32.2. The van der Waals surface area contributed by atoms with Crippen LogP contribution >= 0.6 is 34.9 Å². The zero-order valence-electron chi connectivity index (χ0n) is 34.4. The number of carbonyl (C=O) groups excluding carboxylic acids is 3. The molecule has 65 heavy (non-hydrogen) atoms. The van der Waals surface area contributed by atoms with Gasteiger partial charge in [-0.2, -0.15) is 0 Å². The van der Waals surface area contributed by atoms with Crippen LogP contribution in [0.25, 0.3) is 0 Å². The minimum absolute atomic E-state index is 0.0622. The monoisotopic (exact) mass is 931 g/mol. The summed E-state index contributed by atoms with van der Waals surface area (Å²) in [6, 6.07) is 34.2. The number of β-lactam (4-membered cyclic amide) rings is 1. The summed E-state index contributed by atoms with van der Waals surface area (Å²) in [6.45, 7) is -0.263. The van der Waals surface area contributed by atoms with Crippen molar-refractivity contribution in [3.8, 4) is 0 Å². The zero-order valence-corrected chi connectivity index (χ0v) is 36.9. The number of aromatic amines is 1. The number of thiazole rings is 1. The maximum absolute atomic E-state index is 14.1. The molecule has 0 aliphatic carbocycles. The molecule has 2 atom stereocenters.